The van der Waals surface area contributed by atoms with Crippen molar-refractivity contribution in [3.8, 4) is 11.5 Å². The molecule has 2 N–H and O–H groups in total. The first-order chi connectivity index (χ1) is 7.69. The maximum Gasteiger partial charge on any atom is 0.223 e. The Balaban J connectivity index is 2.51. The van der Waals surface area contributed by atoms with Crippen LogP contribution in [0.25, 0.3) is 11.5 Å². The fourth-order valence-electron chi connectivity index (χ4n) is 1.29. The number of anilines is 1. The lowest BCUT2D eigenvalue weighted by molar-refractivity contribution is 0.905. The smallest absolute Gasteiger partial charge is 0.223 e. The largest absolute Gasteiger partial charge is 0.368 e. The molecule has 2 rings (SSSR count). The molecule has 0 amide bonds. The second kappa shape index (κ2) is 4.18. The van der Waals surface area contributed by atoms with Crippen molar-refractivity contribution >= 4 is 5.95 Å². The van der Waals surface area contributed by atoms with Crippen LogP contribution < -0.4 is 5.73 Å². The lowest BCUT2D eigenvalue weighted by Gasteiger charge is -2.02. The van der Waals surface area contributed by atoms with Gasteiger partial charge < -0.3 is 5.73 Å². The molecule has 2 aromatic rings. The molecule has 6 nitrogen and oxygen atoms in total. The van der Waals surface area contributed by atoms with E-state index in [0.717, 1.165) is 0 Å². The fraction of sp³-hybridized carbons (Fsp3) is 0.300. The summed E-state index contributed by atoms with van der Waals surface area (Å²) >= 11 is 0. The molecule has 0 spiro atoms. The summed E-state index contributed by atoms with van der Waals surface area (Å²) in [5.41, 5.74) is 6.27. The molecule has 0 aromatic carbocycles. The van der Waals surface area contributed by atoms with Gasteiger partial charge in [-0.25, -0.2) is 15.0 Å². The van der Waals surface area contributed by atoms with Gasteiger partial charge in [-0.1, -0.05) is 6.92 Å². The molecule has 82 valence electrons. The minimum absolute atomic E-state index is 0.220. The zero-order chi connectivity index (χ0) is 11.5. The van der Waals surface area contributed by atoms with Crippen LogP contribution in [0.15, 0.2) is 12.3 Å². The molecule has 0 atom stereocenters. The number of hydrogen-bond acceptors (Lipinski definition) is 6. The van der Waals surface area contributed by atoms with Crippen LogP contribution in [0.4, 0.5) is 5.95 Å². The van der Waals surface area contributed by atoms with E-state index in [2.05, 4.69) is 24.9 Å². The Bertz CT molecular complexity index is 510. The summed E-state index contributed by atoms with van der Waals surface area (Å²) in [6.45, 7) is 3.78. The number of nitrogen functional groups attached to an aromatic ring is 1. The van der Waals surface area contributed by atoms with Crippen LogP contribution in [0.3, 0.4) is 0 Å². The number of rotatable bonds is 2. The van der Waals surface area contributed by atoms with Crippen LogP contribution in [-0.4, -0.2) is 24.9 Å². The van der Waals surface area contributed by atoms with E-state index in [4.69, 9.17) is 5.73 Å². The second-order valence-corrected chi connectivity index (χ2v) is 3.28. The summed E-state index contributed by atoms with van der Waals surface area (Å²) in [6, 6.07) is 1.75. The molecule has 2 aromatic heterocycles. The molecule has 0 fully saturated rings. The van der Waals surface area contributed by atoms with E-state index in [9.17, 15) is 0 Å². The number of hydrogen-bond donors (Lipinski definition) is 1. The van der Waals surface area contributed by atoms with E-state index in [-0.39, 0.29) is 5.95 Å². The Hall–Kier alpha value is -2.11. The van der Waals surface area contributed by atoms with Crippen LogP contribution in [0.5, 0.6) is 0 Å². The predicted octanol–water partition coefficient (Wildman–Crippen LogP) is 0.782. The summed E-state index contributed by atoms with van der Waals surface area (Å²) in [7, 11) is 0. The molecule has 0 aliphatic carbocycles. The highest BCUT2D eigenvalue weighted by atomic mass is 15.1. The highest BCUT2D eigenvalue weighted by Gasteiger charge is 2.07. The molecule has 0 saturated carbocycles. The third-order valence-corrected chi connectivity index (χ3v) is 2.02. The Morgan fingerprint density at radius 1 is 1.19 bits per heavy atom. The van der Waals surface area contributed by atoms with Gasteiger partial charge in [-0.15, -0.1) is 0 Å². The summed E-state index contributed by atoms with van der Waals surface area (Å²) in [5, 5.41) is 0. The third-order valence-electron chi connectivity index (χ3n) is 2.02. The number of nitrogens with two attached hydrogens (primary N) is 1. The van der Waals surface area contributed by atoms with Crippen molar-refractivity contribution in [3.05, 3.63) is 23.9 Å². The maximum atomic E-state index is 5.60. The normalized spacial score (nSPS) is 10.4. The van der Waals surface area contributed by atoms with Crippen molar-refractivity contribution in [1.82, 2.24) is 24.9 Å². The minimum Gasteiger partial charge on any atom is -0.368 e. The Labute approximate surface area is 93.0 Å². The van der Waals surface area contributed by atoms with Gasteiger partial charge in [0.1, 0.15) is 17.3 Å². The average Bonchev–Trinajstić information content (AvgIpc) is 2.28. The van der Waals surface area contributed by atoms with E-state index in [1.807, 2.05) is 13.8 Å². The number of nitrogens with zero attached hydrogens (tertiary/aromatic N) is 5. The molecule has 16 heavy (non-hydrogen) atoms. The zero-order valence-corrected chi connectivity index (χ0v) is 9.18. The molecule has 0 bridgehead atoms. The molecule has 0 aliphatic rings. The first-order valence-corrected chi connectivity index (χ1v) is 4.99. The third kappa shape index (κ3) is 2.10. The minimum atomic E-state index is 0.220. The first kappa shape index (κ1) is 10.4. The van der Waals surface area contributed by atoms with Gasteiger partial charge in [0.15, 0.2) is 5.82 Å². The van der Waals surface area contributed by atoms with E-state index >= 15 is 0 Å². The molecule has 6 heteroatoms. The summed E-state index contributed by atoms with van der Waals surface area (Å²) in [5.74, 6) is 2.06. The molecule has 0 aliphatic heterocycles. The average molecular weight is 216 g/mol. The van der Waals surface area contributed by atoms with Gasteiger partial charge in [0, 0.05) is 12.6 Å². The van der Waals surface area contributed by atoms with Crippen LogP contribution in [-0.2, 0) is 6.42 Å². The lowest BCUT2D eigenvalue weighted by Crippen LogP contribution is -2.05. The van der Waals surface area contributed by atoms with Crippen molar-refractivity contribution in [2.24, 2.45) is 0 Å². The van der Waals surface area contributed by atoms with E-state index < -0.39 is 0 Å². The Kier molecular flexibility index (Phi) is 2.72. The summed E-state index contributed by atoms with van der Waals surface area (Å²) in [4.78, 5) is 20.6. The topological polar surface area (TPSA) is 90.5 Å². The highest BCUT2D eigenvalue weighted by molar-refractivity contribution is 5.49. The van der Waals surface area contributed by atoms with Gasteiger partial charge in [-0.05, 0) is 13.0 Å². The van der Waals surface area contributed by atoms with Crippen molar-refractivity contribution in [2.75, 3.05) is 5.73 Å². The van der Waals surface area contributed by atoms with Crippen LogP contribution in [0, 0.1) is 6.92 Å². The van der Waals surface area contributed by atoms with Crippen molar-refractivity contribution in [2.45, 2.75) is 20.3 Å². The van der Waals surface area contributed by atoms with Crippen LogP contribution in [0.1, 0.15) is 18.6 Å². The SMILES string of the molecule is CCc1nc(N)nc(-c2ccnc(C)n2)n1. The van der Waals surface area contributed by atoms with E-state index in [0.29, 0.717) is 29.6 Å². The van der Waals surface area contributed by atoms with Gasteiger partial charge in [-0.3, -0.25) is 0 Å². The molecular weight excluding hydrogens is 204 g/mol. The number of aromatic nitrogens is 5. The summed E-state index contributed by atoms with van der Waals surface area (Å²) < 4.78 is 0. The molecule has 0 radical (unpaired) electrons. The fourth-order valence-corrected chi connectivity index (χ4v) is 1.29. The molecule has 0 saturated heterocycles. The maximum absolute atomic E-state index is 5.60. The molecular formula is C10H12N6. The van der Waals surface area contributed by atoms with Crippen LogP contribution >= 0.6 is 0 Å². The molecule has 2 heterocycles. The van der Waals surface area contributed by atoms with Gasteiger partial charge in [0.25, 0.3) is 0 Å². The van der Waals surface area contributed by atoms with Crippen molar-refractivity contribution in [1.29, 1.82) is 0 Å². The monoisotopic (exact) mass is 216 g/mol. The Morgan fingerprint density at radius 2 is 2.00 bits per heavy atom. The molecule has 0 unspecified atom stereocenters. The second-order valence-electron chi connectivity index (χ2n) is 3.28. The standard InChI is InChI=1S/C10H12N6/c1-3-8-14-9(16-10(11)15-8)7-4-5-12-6(2)13-7/h4-5H,3H2,1-2H3,(H2,11,14,15,16). The van der Waals surface area contributed by atoms with Gasteiger partial charge in [-0.2, -0.15) is 9.97 Å². The lowest BCUT2D eigenvalue weighted by atomic mass is 10.3. The zero-order valence-electron chi connectivity index (χ0n) is 9.18. The van der Waals surface area contributed by atoms with Gasteiger partial charge in [0.05, 0.1) is 0 Å². The van der Waals surface area contributed by atoms with Crippen molar-refractivity contribution < 1.29 is 0 Å². The van der Waals surface area contributed by atoms with Crippen LogP contribution in [0.2, 0.25) is 0 Å². The highest BCUT2D eigenvalue weighted by Crippen LogP contribution is 2.12. The van der Waals surface area contributed by atoms with Crippen molar-refractivity contribution in [3.63, 3.8) is 0 Å². The van der Waals surface area contributed by atoms with Gasteiger partial charge in [0.2, 0.25) is 5.95 Å². The first-order valence-electron chi connectivity index (χ1n) is 4.99. The quantitative estimate of drug-likeness (QED) is 0.797. The van der Waals surface area contributed by atoms with Gasteiger partial charge >= 0.3 is 0 Å². The Morgan fingerprint density at radius 3 is 2.69 bits per heavy atom. The predicted molar refractivity (Wildman–Crippen MR) is 59.4 cm³/mol. The van der Waals surface area contributed by atoms with E-state index in [1.54, 1.807) is 12.3 Å². The van der Waals surface area contributed by atoms with E-state index in [1.165, 1.54) is 0 Å². The summed E-state index contributed by atoms with van der Waals surface area (Å²) in [6.07, 6.45) is 2.38. The number of aryl methyl sites for hydroxylation is 2.